The summed E-state index contributed by atoms with van der Waals surface area (Å²) >= 11 is 12.5. The summed E-state index contributed by atoms with van der Waals surface area (Å²) in [5, 5.41) is 22.4. The van der Waals surface area contributed by atoms with E-state index in [1.807, 2.05) is 0 Å². The van der Waals surface area contributed by atoms with E-state index in [1.54, 1.807) is 69.3 Å². The molecule has 2 heterocycles. The van der Waals surface area contributed by atoms with Gasteiger partial charge in [0, 0.05) is 42.5 Å². The smallest absolute Gasteiger partial charge is 0.313 e. The van der Waals surface area contributed by atoms with Crippen LogP contribution in [0.4, 0.5) is 4.39 Å². The van der Waals surface area contributed by atoms with E-state index in [1.165, 1.54) is 18.1 Å². The molecule has 0 aliphatic carbocycles. The Balaban J connectivity index is 1.71. The maximum absolute atomic E-state index is 16.5. The molecule has 5 rings (SSSR count). The van der Waals surface area contributed by atoms with Gasteiger partial charge in [-0.1, -0.05) is 41.4 Å². The third-order valence-corrected chi connectivity index (χ3v) is 9.51. The minimum absolute atomic E-state index is 0.00172. The SMILES string of the molecule is CO[C@]1(c2ccc(Cl)cc2)c2c(F)cc([C@@](C)(O)C3CCOCC3)cc2C(=O)N1Cc1ccc(Cl)cc1C(C)(C)C(=O)O. The molecule has 2 aliphatic heterocycles. The molecule has 1 amide bonds. The van der Waals surface area contributed by atoms with Crippen LogP contribution in [0, 0.1) is 11.7 Å². The van der Waals surface area contributed by atoms with E-state index in [9.17, 15) is 19.8 Å². The Hall–Kier alpha value is -3.01. The summed E-state index contributed by atoms with van der Waals surface area (Å²) in [6.45, 7) is 5.59. The highest BCUT2D eigenvalue weighted by Gasteiger charge is 2.54. The number of hydrogen-bond donors (Lipinski definition) is 2. The van der Waals surface area contributed by atoms with Crippen molar-refractivity contribution >= 4 is 35.1 Å². The fourth-order valence-corrected chi connectivity index (χ4v) is 6.67. The summed E-state index contributed by atoms with van der Waals surface area (Å²) in [6, 6.07) is 14.3. The molecule has 3 aromatic rings. The van der Waals surface area contributed by atoms with Crippen LogP contribution in [-0.4, -0.2) is 47.3 Å². The normalized spacial score (nSPS) is 20.7. The van der Waals surface area contributed by atoms with E-state index in [2.05, 4.69) is 0 Å². The van der Waals surface area contributed by atoms with Gasteiger partial charge in [-0.2, -0.15) is 0 Å². The number of amides is 1. The first kappa shape index (κ1) is 31.4. The number of carbonyl (C=O) groups is 2. The number of carbonyl (C=O) groups excluding carboxylic acids is 1. The molecule has 0 spiro atoms. The lowest BCUT2D eigenvalue weighted by molar-refractivity contribution is -0.142. The van der Waals surface area contributed by atoms with Crippen LogP contribution in [0.2, 0.25) is 10.0 Å². The summed E-state index contributed by atoms with van der Waals surface area (Å²) in [5.41, 5.74) is -2.81. The van der Waals surface area contributed by atoms with Gasteiger partial charge in [-0.05, 0) is 92.6 Å². The van der Waals surface area contributed by atoms with Crippen molar-refractivity contribution in [1.82, 2.24) is 4.90 Å². The van der Waals surface area contributed by atoms with Crippen LogP contribution in [-0.2, 0) is 37.6 Å². The molecule has 0 bridgehead atoms. The first-order valence-electron chi connectivity index (χ1n) is 14.0. The summed E-state index contributed by atoms with van der Waals surface area (Å²) in [6.07, 6.45) is 1.19. The summed E-state index contributed by atoms with van der Waals surface area (Å²) in [5.74, 6) is -2.52. The predicted molar refractivity (Wildman–Crippen MR) is 161 cm³/mol. The second kappa shape index (κ2) is 11.5. The quantitative estimate of drug-likeness (QED) is 0.290. The van der Waals surface area contributed by atoms with Gasteiger partial charge in [0.25, 0.3) is 5.91 Å². The van der Waals surface area contributed by atoms with Crippen LogP contribution in [0.15, 0.2) is 54.6 Å². The van der Waals surface area contributed by atoms with Crippen LogP contribution in [0.5, 0.6) is 0 Å². The fraction of sp³-hybridized carbons (Fsp3) is 0.394. The standard InChI is InChI=1S/C33H34Cl2FNO6/c1-31(2,30(39)40)26-17-24(35)8-5-19(26)18-37-29(38)25-15-22(32(3,41)20-11-13-43-14-12-20)16-27(36)28(25)33(37,42-4)21-6-9-23(34)10-7-21/h5-10,15-17,20,41H,11-14,18H2,1-4H3,(H,39,40)/t32-,33+/m0/s1. The molecule has 2 N–H and O–H groups in total. The topological polar surface area (TPSA) is 96.3 Å². The third-order valence-electron chi connectivity index (χ3n) is 9.02. The average molecular weight is 631 g/mol. The molecule has 0 aromatic heterocycles. The number of halogens is 3. The number of methoxy groups -OCH3 is 1. The van der Waals surface area contributed by atoms with Crippen molar-refractivity contribution in [3.8, 4) is 0 Å². The van der Waals surface area contributed by atoms with Gasteiger partial charge in [0.2, 0.25) is 0 Å². The highest BCUT2D eigenvalue weighted by molar-refractivity contribution is 6.31. The molecule has 1 saturated heterocycles. The Kier molecular flexibility index (Phi) is 8.39. The van der Waals surface area contributed by atoms with Gasteiger partial charge in [0.1, 0.15) is 5.82 Å². The molecule has 2 aliphatic rings. The van der Waals surface area contributed by atoms with E-state index in [4.69, 9.17) is 32.7 Å². The molecular weight excluding hydrogens is 596 g/mol. The zero-order chi connectivity index (χ0) is 31.3. The van der Waals surface area contributed by atoms with Gasteiger partial charge in [0.15, 0.2) is 5.72 Å². The number of rotatable bonds is 8. The van der Waals surface area contributed by atoms with Crippen molar-refractivity contribution in [2.75, 3.05) is 20.3 Å². The number of benzene rings is 3. The van der Waals surface area contributed by atoms with Crippen LogP contribution in [0.3, 0.4) is 0 Å². The van der Waals surface area contributed by atoms with Crippen molar-refractivity contribution in [1.29, 1.82) is 0 Å². The zero-order valence-corrected chi connectivity index (χ0v) is 25.9. The number of carboxylic acids is 1. The van der Waals surface area contributed by atoms with Crippen molar-refractivity contribution in [2.45, 2.75) is 56.9 Å². The number of fused-ring (bicyclic) bond motifs is 1. The van der Waals surface area contributed by atoms with Gasteiger partial charge in [-0.15, -0.1) is 0 Å². The Labute approximate surface area is 260 Å². The highest BCUT2D eigenvalue weighted by atomic mass is 35.5. The first-order valence-corrected chi connectivity index (χ1v) is 14.8. The lowest BCUT2D eigenvalue weighted by Crippen LogP contribution is -2.46. The van der Waals surface area contributed by atoms with Crippen LogP contribution in [0.25, 0.3) is 0 Å². The Bertz CT molecular complexity index is 1570. The molecule has 43 heavy (non-hydrogen) atoms. The molecular formula is C33H34Cl2FNO6. The maximum atomic E-state index is 16.5. The van der Waals surface area contributed by atoms with E-state index in [0.29, 0.717) is 52.8 Å². The molecule has 7 nitrogen and oxygen atoms in total. The predicted octanol–water partition coefficient (Wildman–Crippen LogP) is 6.63. The Morgan fingerprint density at radius 1 is 1.07 bits per heavy atom. The number of carboxylic acid groups (broad SMARTS) is 1. The van der Waals surface area contributed by atoms with Crippen molar-refractivity contribution < 1.29 is 33.7 Å². The molecule has 228 valence electrons. The molecule has 2 atom stereocenters. The van der Waals surface area contributed by atoms with Gasteiger partial charge >= 0.3 is 5.97 Å². The number of aliphatic hydroxyl groups is 1. The van der Waals surface area contributed by atoms with Crippen molar-refractivity contribution in [2.24, 2.45) is 5.92 Å². The van der Waals surface area contributed by atoms with E-state index < -0.39 is 34.4 Å². The fourth-order valence-electron chi connectivity index (χ4n) is 6.37. The van der Waals surface area contributed by atoms with E-state index in [0.717, 1.165) is 0 Å². The third kappa shape index (κ3) is 5.23. The number of hydrogen-bond acceptors (Lipinski definition) is 5. The highest BCUT2D eigenvalue weighted by Crippen LogP contribution is 2.49. The number of ether oxygens (including phenoxy) is 2. The monoisotopic (exact) mass is 629 g/mol. The summed E-state index contributed by atoms with van der Waals surface area (Å²) in [7, 11) is 1.39. The minimum atomic E-state index is -1.73. The lowest BCUT2D eigenvalue weighted by Gasteiger charge is -2.39. The van der Waals surface area contributed by atoms with Crippen molar-refractivity contribution in [3.05, 3.63) is 104 Å². The summed E-state index contributed by atoms with van der Waals surface area (Å²) in [4.78, 5) is 28.1. The maximum Gasteiger partial charge on any atom is 0.313 e. The molecule has 10 heteroatoms. The largest absolute Gasteiger partial charge is 0.481 e. The minimum Gasteiger partial charge on any atom is -0.481 e. The number of nitrogens with zero attached hydrogens (tertiary/aromatic N) is 1. The second-order valence-corrected chi connectivity index (χ2v) is 12.8. The average Bonchev–Trinajstić information content (AvgIpc) is 3.22. The van der Waals surface area contributed by atoms with Crippen LogP contribution >= 0.6 is 23.2 Å². The van der Waals surface area contributed by atoms with Gasteiger partial charge in [0.05, 0.1) is 22.1 Å². The van der Waals surface area contributed by atoms with Crippen molar-refractivity contribution in [3.63, 3.8) is 0 Å². The molecule has 3 aromatic carbocycles. The second-order valence-electron chi connectivity index (χ2n) is 11.9. The van der Waals surface area contributed by atoms with Gasteiger partial charge < -0.3 is 19.7 Å². The molecule has 0 radical (unpaired) electrons. The van der Waals surface area contributed by atoms with Crippen LogP contribution < -0.4 is 0 Å². The lowest BCUT2D eigenvalue weighted by atomic mass is 9.77. The molecule has 0 saturated carbocycles. The summed E-state index contributed by atoms with van der Waals surface area (Å²) < 4.78 is 28.1. The van der Waals surface area contributed by atoms with E-state index in [-0.39, 0.29) is 29.2 Å². The van der Waals surface area contributed by atoms with E-state index >= 15 is 4.39 Å². The molecule has 1 fully saturated rings. The Morgan fingerprint density at radius 2 is 1.70 bits per heavy atom. The zero-order valence-electron chi connectivity index (χ0n) is 24.4. The van der Waals surface area contributed by atoms with Gasteiger partial charge in [-0.25, -0.2) is 4.39 Å². The number of aliphatic carboxylic acids is 1. The Morgan fingerprint density at radius 3 is 2.30 bits per heavy atom. The first-order chi connectivity index (χ1) is 20.2. The molecule has 0 unspecified atom stereocenters. The van der Waals surface area contributed by atoms with Gasteiger partial charge in [-0.3, -0.25) is 14.5 Å². The van der Waals surface area contributed by atoms with Crippen LogP contribution in [0.1, 0.15) is 71.8 Å².